The second-order valence-corrected chi connectivity index (χ2v) is 7.68. The quantitative estimate of drug-likeness (QED) is 0.537. The number of hydrogen-bond donors (Lipinski definition) is 2. The van der Waals surface area contributed by atoms with Gasteiger partial charge in [0.15, 0.2) is 0 Å². The lowest BCUT2D eigenvalue weighted by Gasteiger charge is -2.08. The van der Waals surface area contributed by atoms with Crippen molar-refractivity contribution in [2.75, 3.05) is 16.6 Å². The highest BCUT2D eigenvalue weighted by molar-refractivity contribution is 7.92. The van der Waals surface area contributed by atoms with Crippen LogP contribution in [-0.2, 0) is 14.8 Å². The third-order valence-electron chi connectivity index (χ3n) is 3.86. The molecule has 0 aliphatic rings. The molecule has 3 aromatic rings. The molecular formula is C21H20N4O4S. The van der Waals surface area contributed by atoms with E-state index < -0.39 is 10.0 Å². The van der Waals surface area contributed by atoms with E-state index in [0.717, 1.165) is 5.56 Å². The summed E-state index contributed by atoms with van der Waals surface area (Å²) in [6.07, 6.45) is 5.91. The van der Waals surface area contributed by atoms with Crippen molar-refractivity contribution in [1.29, 1.82) is 0 Å². The fourth-order valence-corrected chi connectivity index (χ4v) is 3.46. The number of carbonyl (C=O) groups excluding carboxylic acids is 1. The van der Waals surface area contributed by atoms with Crippen LogP contribution in [0.25, 0.3) is 6.08 Å². The number of amides is 1. The smallest absolute Gasteiger partial charge is 0.264 e. The molecule has 1 amide bonds. The molecule has 0 saturated heterocycles. The number of carbonyl (C=O) groups is 1. The predicted octanol–water partition coefficient (Wildman–Crippen LogP) is 3.33. The summed E-state index contributed by atoms with van der Waals surface area (Å²) in [5.41, 5.74) is 1.24. The first-order valence-electron chi connectivity index (χ1n) is 9.09. The molecule has 1 aromatic heterocycles. The summed E-state index contributed by atoms with van der Waals surface area (Å²) in [5.74, 6) is 0.313. The van der Waals surface area contributed by atoms with Gasteiger partial charge < -0.3 is 10.1 Å². The highest BCUT2D eigenvalue weighted by Gasteiger charge is 2.15. The maximum absolute atomic E-state index is 12.4. The summed E-state index contributed by atoms with van der Waals surface area (Å²) < 4.78 is 32.6. The van der Waals surface area contributed by atoms with Gasteiger partial charge in [0, 0.05) is 29.7 Å². The molecule has 154 valence electrons. The van der Waals surface area contributed by atoms with Gasteiger partial charge in [0.05, 0.1) is 11.5 Å². The fourth-order valence-electron chi connectivity index (χ4n) is 2.50. The van der Waals surface area contributed by atoms with Crippen LogP contribution in [-0.4, -0.2) is 30.9 Å². The Hall–Kier alpha value is -3.72. The van der Waals surface area contributed by atoms with E-state index >= 15 is 0 Å². The maximum atomic E-state index is 12.4. The van der Waals surface area contributed by atoms with Crippen LogP contribution in [0.5, 0.6) is 5.75 Å². The molecule has 3 rings (SSSR count). The van der Waals surface area contributed by atoms with Gasteiger partial charge in [-0.3, -0.25) is 4.79 Å². The highest BCUT2D eigenvalue weighted by atomic mass is 32.2. The minimum atomic E-state index is -3.83. The largest absolute Gasteiger partial charge is 0.493 e. The monoisotopic (exact) mass is 424 g/mol. The zero-order valence-electron chi connectivity index (χ0n) is 16.1. The van der Waals surface area contributed by atoms with E-state index in [2.05, 4.69) is 20.0 Å². The molecule has 0 fully saturated rings. The van der Waals surface area contributed by atoms with Gasteiger partial charge in [0.2, 0.25) is 11.9 Å². The molecule has 0 unspecified atom stereocenters. The summed E-state index contributed by atoms with van der Waals surface area (Å²) in [6, 6.07) is 14.7. The Balaban J connectivity index is 1.65. The van der Waals surface area contributed by atoms with Crippen molar-refractivity contribution in [3.63, 3.8) is 0 Å². The van der Waals surface area contributed by atoms with Crippen LogP contribution < -0.4 is 14.8 Å². The van der Waals surface area contributed by atoms with Crippen LogP contribution in [0.2, 0.25) is 0 Å². The lowest BCUT2D eigenvalue weighted by Crippen LogP contribution is -2.15. The van der Waals surface area contributed by atoms with Gasteiger partial charge in [-0.1, -0.05) is 18.2 Å². The number of aromatic nitrogens is 2. The van der Waals surface area contributed by atoms with E-state index in [1.165, 1.54) is 42.7 Å². The molecule has 0 saturated carbocycles. The summed E-state index contributed by atoms with van der Waals surface area (Å²) in [7, 11) is -3.83. The molecule has 2 N–H and O–H groups in total. The summed E-state index contributed by atoms with van der Waals surface area (Å²) in [5, 5.41) is 2.69. The zero-order valence-corrected chi connectivity index (χ0v) is 17.0. The number of sulfonamides is 1. The third-order valence-corrected chi connectivity index (χ3v) is 5.20. The van der Waals surface area contributed by atoms with Gasteiger partial charge in [-0.15, -0.1) is 0 Å². The molecule has 0 aliphatic carbocycles. The molecule has 0 atom stereocenters. The number of nitrogens with zero attached hydrogens (tertiary/aromatic N) is 2. The second kappa shape index (κ2) is 9.66. The standard InChI is InChI=1S/C21H20N4O4S/c1-2-29-19-7-4-3-6-16(19)8-13-20(26)24-17-9-11-18(12-10-17)30(27,28)25-21-22-14-5-15-23-21/h3-15H,2H2,1H3,(H,24,26)(H,22,23,25). The summed E-state index contributed by atoms with van der Waals surface area (Å²) in [6.45, 7) is 2.41. The van der Waals surface area contributed by atoms with Crippen LogP contribution in [0.4, 0.5) is 11.6 Å². The first kappa shape index (κ1) is 21.0. The molecule has 0 radical (unpaired) electrons. The average Bonchev–Trinajstić information content (AvgIpc) is 2.74. The molecule has 0 bridgehead atoms. The Morgan fingerprint density at radius 1 is 1.03 bits per heavy atom. The Kier molecular flexibility index (Phi) is 6.76. The van der Waals surface area contributed by atoms with Crippen molar-refractivity contribution in [3.05, 3.63) is 78.6 Å². The van der Waals surface area contributed by atoms with Gasteiger partial charge in [-0.25, -0.2) is 23.1 Å². The van der Waals surface area contributed by atoms with Crippen LogP contribution in [0.15, 0.2) is 78.0 Å². The maximum Gasteiger partial charge on any atom is 0.264 e. The summed E-state index contributed by atoms with van der Waals surface area (Å²) in [4.78, 5) is 19.9. The Bertz CT molecular complexity index is 1130. The topological polar surface area (TPSA) is 110 Å². The number of para-hydroxylation sites is 1. The van der Waals surface area contributed by atoms with Crippen LogP contribution >= 0.6 is 0 Å². The molecule has 2 aromatic carbocycles. The van der Waals surface area contributed by atoms with Crippen LogP contribution in [0.1, 0.15) is 12.5 Å². The van der Waals surface area contributed by atoms with Crippen LogP contribution in [0.3, 0.4) is 0 Å². The van der Waals surface area contributed by atoms with Crippen molar-refractivity contribution in [3.8, 4) is 5.75 Å². The van der Waals surface area contributed by atoms with E-state index in [0.29, 0.717) is 18.0 Å². The SMILES string of the molecule is CCOc1ccccc1C=CC(=O)Nc1ccc(S(=O)(=O)Nc2ncccn2)cc1. The van der Waals surface area contributed by atoms with Crippen LogP contribution in [0, 0.1) is 0 Å². The second-order valence-electron chi connectivity index (χ2n) is 6.00. The minimum Gasteiger partial charge on any atom is -0.493 e. The van der Waals surface area contributed by atoms with Gasteiger partial charge in [-0.05, 0) is 49.4 Å². The molecular weight excluding hydrogens is 404 g/mol. The Morgan fingerprint density at radius 2 is 1.73 bits per heavy atom. The molecule has 9 heteroatoms. The van der Waals surface area contributed by atoms with Gasteiger partial charge in [0.25, 0.3) is 10.0 Å². The number of hydrogen-bond acceptors (Lipinski definition) is 6. The lowest BCUT2D eigenvalue weighted by molar-refractivity contribution is -0.111. The third kappa shape index (κ3) is 5.65. The number of anilines is 2. The molecule has 30 heavy (non-hydrogen) atoms. The van der Waals surface area contributed by atoms with Crippen molar-refractivity contribution < 1.29 is 17.9 Å². The zero-order chi connectivity index (χ0) is 21.4. The number of benzene rings is 2. The molecule has 1 heterocycles. The first-order chi connectivity index (χ1) is 14.5. The number of ether oxygens (including phenoxy) is 1. The molecule has 0 aliphatic heterocycles. The van der Waals surface area contributed by atoms with Gasteiger partial charge in [-0.2, -0.15) is 0 Å². The molecule has 0 spiro atoms. The van der Waals surface area contributed by atoms with Crippen molar-refractivity contribution >= 4 is 33.6 Å². The van der Waals surface area contributed by atoms with E-state index in [-0.39, 0.29) is 16.8 Å². The lowest BCUT2D eigenvalue weighted by atomic mass is 10.2. The van der Waals surface area contributed by atoms with E-state index in [1.807, 2.05) is 31.2 Å². The molecule has 8 nitrogen and oxygen atoms in total. The van der Waals surface area contributed by atoms with E-state index in [9.17, 15) is 13.2 Å². The number of nitrogens with one attached hydrogen (secondary N) is 2. The Morgan fingerprint density at radius 3 is 2.43 bits per heavy atom. The minimum absolute atomic E-state index is 0.0210. The predicted molar refractivity (Wildman–Crippen MR) is 115 cm³/mol. The summed E-state index contributed by atoms with van der Waals surface area (Å²) >= 11 is 0. The number of rotatable bonds is 8. The van der Waals surface area contributed by atoms with Crippen molar-refractivity contribution in [2.24, 2.45) is 0 Å². The van der Waals surface area contributed by atoms with E-state index in [4.69, 9.17) is 4.74 Å². The highest BCUT2D eigenvalue weighted by Crippen LogP contribution is 2.20. The van der Waals surface area contributed by atoms with Crippen molar-refractivity contribution in [2.45, 2.75) is 11.8 Å². The van der Waals surface area contributed by atoms with Gasteiger partial charge in [0.1, 0.15) is 5.75 Å². The normalized spacial score (nSPS) is 11.2. The van der Waals surface area contributed by atoms with Crippen molar-refractivity contribution in [1.82, 2.24) is 9.97 Å². The fraction of sp³-hybridized carbons (Fsp3) is 0.0952. The average molecular weight is 424 g/mol. The first-order valence-corrected chi connectivity index (χ1v) is 10.6. The van der Waals surface area contributed by atoms with E-state index in [1.54, 1.807) is 12.1 Å². The Labute approximate surface area is 174 Å². The van der Waals surface area contributed by atoms with Gasteiger partial charge >= 0.3 is 0 Å².